The van der Waals surface area contributed by atoms with Crippen molar-refractivity contribution >= 4 is 22.4 Å². The monoisotopic (exact) mass is 227 g/mol. The maximum Gasteiger partial charge on any atom is 0.139 e. The molecule has 0 spiro atoms. The Bertz CT molecular complexity index is 309. The molecule has 15 heavy (non-hydrogen) atoms. The van der Waals surface area contributed by atoms with E-state index in [1.54, 1.807) is 0 Å². The number of hydrogen-bond donors (Lipinski definition) is 1. The van der Waals surface area contributed by atoms with Gasteiger partial charge in [-0.1, -0.05) is 0 Å². The lowest BCUT2D eigenvalue weighted by molar-refractivity contribution is 0.0217. The number of ether oxygens (including phenoxy) is 1. The van der Waals surface area contributed by atoms with Gasteiger partial charge in [0.25, 0.3) is 0 Å². The molecule has 1 atom stereocenters. The fourth-order valence-corrected chi connectivity index (χ4v) is 2.44. The molecule has 0 aromatic carbocycles. The van der Waals surface area contributed by atoms with Crippen LogP contribution in [0.1, 0.15) is 19.3 Å². The van der Waals surface area contributed by atoms with E-state index in [-0.39, 0.29) is 0 Å². The fourth-order valence-electron chi connectivity index (χ4n) is 1.81. The van der Waals surface area contributed by atoms with Crippen LogP contribution < -0.4 is 10.6 Å². The molecular weight excluding hydrogens is 210 g/mol. The van der Waals surface area contributed by atoms with Gasteiger partial charge in [0, 0.05) is 26.3 Å². The highest BCUT2D eigenvalue weighted by molar-refractivity contribution is 7.10. The SMILES string of the molecule is CN(CC1CCCCO1)c1cc(N)ns1. The second-order valence-corrected chi connectivity index (χ2v) is 4.74. The summed E-state index contributed by atoms with van der Waals surface area (Å²) in [6, 6.07) is 1.91. The van der Waals surface area contributed by atoms with Crippen molar-refractivity contribution in [2.45, 2.75) is 25.4 Å². The lowest BCUT2D eigenvalue weighted by Gasteiger charge is -2.27. The van der Waals surface area contributed by atoms with Gasteiger partial charge in [-0.15, -0.1) is 0 Å². The molecule has 1 aromatic heterocycles. The van der Waals surface area contributed by atoms with Crippen LogP contribution in [0, 0.1) is 0 Å². The summed E-state index contributed by atoms with van der Waals surface area (Å²) in [4.78, 5) is 2.17. The van der Waals surface area contributed by atoms with E-state index >= 15 is 0 Å². The molecule has 1 aliphatic rings. The summed E-state index contributed by atoms with van der Waals surface area (Å²) in [7, 11) is 2.06. The van der Waals surface area contributed by atoms with Gasteiger partial charge in [0.15, 0.2) is 0 Å². The molecule has 0 bridgehead atoms. The van der Waals surface area contributed by atoms with E-state index in [4.69, 9.17) is 10.5 Å². The largest absolute Gasteiger partial charge is 0.383 e. The highest BCUT2D eigenvalue weighted by Crippen LogP contribution is 2.23. The number of nitrogens with zero attached hydrogens (tertiary/aromatic N) is 2. The molecule has 1 aliphatic heterocycles. The molecule has 2 rings (SSSR count). The highest BCUT2D eigenvalue weighted by Gasteiger charge is 2.16. The molecule has 1 fully saturated rings. The summed E-state index contributed by atoms with van der Waals surface area (Å²) >= 11 is 1.44. The minimum Gasteiger partial charge on any atom is -0.383 e. The maximum absolute atomic E-state index is 5.69. The normalized spacial score (nSPS) is 21.5. The van der Waals surface area contributed by atoms with Gasteiger partial charge >= 0.3 is 0 Å². The van der Waals surface area contributed by atoms with Crippen LogP contribution in [-0.2, 0) is 4.74 Å². The van der Waals surface area contributed by atoms with Gasteiger partial charge in [0.05, 0.1) is 6.10 Å². The number of nitrogens with two attached hydrogens (primary N) is 1. The Labute approximate surface area is 94.2 Å². The Morgan fingerprint density at radius 3 is 3.13 bits per heavy atom. The van der Waals surface area contributed by atoms with Gasteiger partial charge < -0.3 is 15.4 Å². The van der Waals surface area contributed by atoms with E-state index in [0.29, 0.717) is 11.9 Å². The van der Waals surface area contributed by atoms with Gasteiger partial charge in [0.2, 0.25) is 0 Å². The van der Waals surface area contributed by atoms with Crippen LogP contribution in [0.25, 0.3) is 0 Å². The molecule has 2 heterocycles. The Morgan fingerprint density at radius 1 is 1.67 bits per heavy atom. The quantitative estimate of drug-likeness (QED) is 0.854. The van der Waals surface area contributed by atoms with E-state index in [0.717, 1.165) is 18.2 Å². The first-order valence-corrected chi connectivity index (χ1v) is 6.08. The van der Waals surface area contributed by atoms with Crippen molar-refractivity contribution in [1.29, 1.82) is 0 Å². The number of hydrogen-bond acceptors (Lipinski definition) is 5. The molecule has 5 heteroatoms. The number of rotatable bonds is 3. The van der Waals surface area contributed by atoms with Gasteiger partial charge in [-0.05, 0) is 30.8 Å². The zero-order chi connectivity index (χ0) is 10.7. The minimum absolute atomic E-state index is 0.368. The summed E-state index contributed by atoms with van der Waals surface area (Å²) in [5.41, 5.74) is 5.59. The third-order valence-electron chi connectivity index (χ3n) is 2.64. The first-order chi connectivity index (χ1) is 7.25. The lowest BCUT2D eigenvalue weighted by atomic mass is 10.1. The molecule has 4 nitrogen and oxygen atoms in total. The number of likely N-dealkylation sites (N-methyl/N-ethyl adjacent to an activating group) is 1. The average Bonchev–Trinajstić information content (AvgIpc) is 2.66. The summed E-state index contributed by atoms with van der Waals surface area (Å²) in [5.74, 6) is 0.603. The van der Waals surface area contributed by atoms with Crippen molar-refractivity contribution < 1.29 is 4.74 Å². The minimum atomic E-state index is 0.368. The van der Waals surface area contributed by atoms with E-state index in [2.05, 4.69) is 16.3 Å². The van der Waals surface area contributed by atoms with Crippen LogP contribution in [0.5, 0.6) is 0 Å². The van der Waals surface area contributed by atoms with Crippen LogP contribution in [-0.4, -0.2) is 30.7 Å². The highest BCUT2D eigenvalue weighted by atomic mass is 32.1. The second kappa shape index (κ2) is 4.81. The Balaban J connectivity index is 1.88. The number of anilines is 2. The molecule has 0 amide bonds. The van der Waals surface area contributed by atoms with E-state index in [1.807, 2.05) is 6.07 Å². The molecule has 2 N–H and O–H groups in total. The molecule has 1 aromatic rings. The van der Waals surface area contributed by atoms with Gasteiger partial charge in [-0.25, -0.2) is 0 Å². The van der Waals surface area contributed by atoms with Crippen molar-refractivity contribution in [2.24, 2.45) is 0 Å². The molecule has 1 saturated heterocycles. The molecule has 0 saturated carbocycles. The molecule has 0 radical (unpaired) electrons. The fraction of sp³-hybridized carbons (Fsp3) is 0.700. The van der Waals surface area contributed by atoms with E-state index in [9.17, 15) is 0 Å². The first-order valence-electron chi connectivity index (χ1n) is 5.30. The number of aromatic nitrogens is 1. The van der Waals surface area contributed by atoms with Gasteiger partial charge in [-0.2, -0.15) is 4.37 Å². The average molecular weight is 227 g/mol. The van der Waals surface area contributed by atoms with Gasteiger partial charge in [0.1, 0.15) is 10.8 Å². The topological polar surface area (TPSA) is 51.4 Å². The molecule has 84 valence electrons. The maximum atomic E-state index is 5.69. The van der Waals surface area contributed by atoms with E-state index < -0.39 is 0 Å². The third-order valence-corrected chi connectivity index (χ3v) is 3.56. The third kappa shape index (κ3) is 2.82. The van der Waals surface area contributed by atoms with Crippen LogP contribution in [0.15, 0.2) is 6.07 Å². The molecule has 1 unspecified atom stereocenters. The van der Waals surface area contributed by atoms with Crippen LogP contribution in [0.4, 0.5) is 10.8 Å². The van der Waals surface area contributed by atoms with Crippen molar-refractivity contribution in [3.63, 3.8) is 0 Å². The molecular formula is C10H17N3OS. The smallest absolute Gasteiger partial charge is 0.139 e. The zero-order valence-electron chi connectivity index (χ0n) is 8.98. The Kier molecular flexibility index (Phi) is 3.43. The van der Waals surface area contributed by atoms with Crippen molar-refractivity contribution in [2.75, 3.05) is 30.8 Å². The van der Waals surface area contributed by atoms with Crippen LogP contribution >= 0.6 is 11.5 Å². The standard InChI is InChI=1S/C10H17N3OS/c1-13(10-6-9(11)12-15-10)7-8-4-2-3-5-14-8/h6,8H,2-5,7H2,1H3,(H2,11,12). The van der Waals surface area contributed by atoms with E-state index in [1.165, 1.54) is 30.8 Å². The van der Waals surface area contributed by atoms with Crippen molar-refractivity contribution in [1.82, 2.24) is 4.37 Å². The van der Waals surface area contributed by atoms with Crippen molar-refractivity contribution in [3.8, 4) is 0 Å². The zero-order valence-corrected chi connectivity index (χ0v) is 9.80. The Hall–Kier alpha value is -0.810. The molecule has 0 aliphatic carbocycles. The van der Waals surface area contributed by atoms with Gasteiger partial charge in [-0.3, -0.25) is 0 Å². The summed E-state index contributed by atoms with van der Waals surface area (Å²) in [5, 5.41) is 1.11. The van der Waals surface area contributed by atoms with Crippen molar-refractivity contribution in [3.05, 3.63) is 6.07 Å². The summed E-state index contributed by atoms with van der Waals surface area (Å²) in [6.45, 7) is 1.84. The summed E-state index contributed by atoms with van der Waals surface area (Å²) < 4.78 is 9.76. The number of nitrogen functional groups attached to an aromatic ring is 1. The summed E-state index contributed by atoms with van der Waals surface area (Å²) in [6.07, 6.45) is 4.02. The predicted molar refractivity (Wildman–Crippen MR) is 63.4 cm³/mol. The van der Waals surface area contributed by atoms with Crippen LogP contribution in [0.3, 0.4) is 0 Å². The Morgan fingerprint density at radius 2 is 2.53 bits per heavy atom. The predicted octanol–water partition coefficient (Wildman–Crippen LogP) is 1.73. The second-order valence-electron chi connectivity index (χ2n) is 3.96. The lowest BCUT2D eigenvalue weighted by Crippen LogP contribution is -2.32. The van der Waals surface area contributed by atoms with Crippen LogP contribution in [0.2, 0.25) is 0 Å². The first kappa shape index (κ1) is 10.7.